The molecule has 0 aliphatic heterocycles. The van der Waals surface area contributed by atoms with E-state index in [0.29, 0.717) is 0 Å². The van der Waals surface area contributed by atoms with E-state index in [-0.39, 0.29) is 0 Å². The number of thiophene rings is 1. The normalized spacial score (nSPS) is 11.2. The monoisotopic (exact) mass is 338 g/mol. The Hall–Kier alpha value is -1.64. The molecule has 0 amide bonds. The molecule has 0 nitrogen and oxygen atoms in total. The van der Waals surface area contributed by atoms with Gasteiger partial charge in [-0.25, -0.2) is 0 Å². The number of rotatable bonds is 1. The van der Waals surface area contributed by atoms with Crippen LogP contribution in [0.2, 0.25) is 0 Å². The first-order valence-electron chi connectivity index (χ1n) is 6.50. The minimum atomic E-state index is 1.20. The zero-order valence-electron chi connectivity index (χ0n) is 10.6. The van der Waals surface area contributed by atoms with Gasteiger partial charge in [0.2, 0.25) is 0 Å². The lowest BCUT2D eigenvalue weighted by Crippen LogP contribution is -1.78. The molecule has 0 atom stereocenters. The van der Waals surface area contributed by atoms with Crippen LogP contribution in [-0.2, 0) is 0 Å². The summed E-state index contributed by atoms with van der Waals surface area (Å²) < 4.78 is 2.52. The summed E-state index contributed by atoms with van der Waals surface area (Å²) in [5, 5.41) is 3.89. The molecular weight excluding hydrogens is 328 g/mol. The molecule has 0 aliphatic carbocycles. The third-order valence-corrected chi connectivity index (χ3v) is 5.86. The van der Waals surface area contributed by atoms with Crippen molar-refractivity contribution in [1.82, 2.24) is 0 Å². The van der Waals surface area contributed by atoms with Crippen LogP contribution in [0.3, 0.4) is 0 Å². The predicted molar refractivity (Wildman–Crippen MR) is 92.5 cm³/mol. The van der Waals surface area contributed by atoms with Crippen molar-refractivity contribution in [2.75, 3.05) is 0 Å². The minimum Gasteiger partial charge on any atom is -0.134 e. The SMILES string of the molecule is Brc1c(-c2cccc3ccccc23)sc2ccccc12. The van der Waals surface area contributed by atoms with Gasteiger partial charge in [0.15, 0.2) is 0 Å². The Labute approximate surface area is 129 Å². The van der Waals surface area contributed by atoms with Crippen molar-refractivity contribution in [2.24, 2.45) is 0 Å². The van der Waals surface area contributed by atoms with E-state index in [0.717, 1.165) is 0 Å². The second-order valence-corrected chi connectivity index (χ2v) is 6.61. The minimum absolute atomic E-state index is 1.20. The molecule has 0 spiro atoms. The van der Waals surface area contributed by atoms with Crippen molar-refractivity contribution in [3.8, 4) is 10.4 Å². The summed E-state index contributed by atoms with van der Waals surface area (Å²) in [6, 6.07) is 23.6. The van der Waals surface area contributed by atoms with E-state index in [9.17, 15) is 0 Å². The van der Waals surface area contributed by atoms with E-state index in [1.54, 1.807) is 0 Å². The summed E-state index contributed by atoms with van der Waals surface area (Å²) in [5.41, 5.74) is 1.30. The van der Waals surface area contributed by atoms with Gasteiger partial charge in [-0.1, -0.05) is 60.7 Å². The molecule has 0 N–H and O–H groups in total. The quantitative estimate of drug-likeness (QED) is 0.372. The number of benzene rings is 3. The van der Waals surface area contributed by atoms with Crippen molar-refractivity contribution in [3.05, 3.63) is 71.2 Å². The molecule has 2 heteroatoms. The topological polar surface area (TPSA) is 0 Å². The molecule has 3 aromatic carbocycles. The van der Waals surface area contributed by atoms with Crippen molar-refractivity contribution in [2.45, 2.75) is 0 Å². The van der Waals surface area contributed by atoms with Gasteiger partial charge in [0.25, 0.3) is 0 Å². The van der Waals surface area contributed by atoms with Crippen LogP contribution in [0.15, 0.2) is 71.2 Å². The molecule has 96 valence electrons. The lowest BCUT2D eigenvalue weighted by atomic mass is 10.0. The Morgan fingerprint density at radius 1 is 0.700 bits per heavy atom. The van der Waals surface area contributed by atoms with E-state index in [2.05, 4.69) is 82.7 Å². The Morgan fingerprint density at radius 3 is 2.25 bits per heavy atom. The second-order valence-electron chi connectivity index (χ2n) is 4.77. The molecule has 1 aromatic heterocycles. The molecule has 0 saturated heterocycles. The molecule has 0 fully saturated rings. The Kier molecular flexibility index (Phi) is 2.86. The van der Waals surface area contributed by atoms with Crippen LogP contribution in [0.4, 0.5) is 0 Å². The Morgan fingerprint density at radius 2 is 1.40 bits per heavy atom. The van der Waals surface area contributed by atoms with Crippen molar-refractivity contribution >= 4 is 48.1 Å². The zero-order chi connectivity index (χ0) is 13.5. The van der Waals surface area contributed by atoms with Gasteiger partial charge in [-0.3, -0.25) is 0 Å². The summed E-state index contributed by atoms with van der Waals surface area (Å²) in [6.45, 7) is 0. The third-order valence-electron chi connectivity index (χ3n) is 3.57. The molecule has 0 unspecified atom stereocenters. The maximum Gasteiger partial charge on any atom is 0.0503 e. The smallest absolute Gasteiger partial charge is 0.0503 e. The van der Waals surface area contributed by atoms with Gasteiger partial charge in [-0.15, -0.1) is 11.3 Å². The molecule has 0 bridgehead atoms. The fraction of sp³-hybridized carbons (Fsp3) is 0. The molecule has 0 aliphatic rings. The highest BCUT2D eigenvalue weighted by Gasteiger charge is 2.13. The molecule has 1 heterocycles. The first kappa shape index (κ1) is 12.1. The van der Waals surface area contributed by atoms with Gasteiger partial charge >= 0.3 is 0 Å². The van der Waals surface area contributed by atoms with E-state index >= 15 is 0 Å². The van der Waals surface area contributed by atoms with E-state index in [4.69, 9.17) is 0 Å². The fourth-order valence-electron chi connectivity index (χ4n) is 2.61. The molecule has 20 heavy (non-hydrogen) atoms. The van der Waals surface area contributed by atoms with E-state index in [1.807, 2.05) is 11.3 Å². The molecular formula is C18H11BrS. The Bertz CT molecular complexity index is 916. The van der Waals surface area contributed by atoms with Gasteiger partial charge in [-0.2, -0.15) is 0 Å². The molecule has 4 rings (SSSR count). The summed E-state index contributed by atoms with van der Waals surface area (Å²) in [5.74, 6) is 0. The molecule has 0 saturated carbocycles. The summed E-state index contributed by atoms with van der Waals surface area (Å²) >= 11 is 5.63. The maximum absolute atomic E-state index is 3.78. The number of hydrogen-bond acceptors (Lipinski definition) is 1. The fourth-order valence-corrected chi connectivity index (χ4v) is 4.68. The number of halogens is 1. The largest absolute Gasteiger partial charge is 0.134 e. The third kappa shape index (κ3) is 1.80. The zero-order valence-corrected chi connectivity index (χ0v) is 13.0. The van der Waals surface area contributed by atoms with Crippen molar-refractivity contribution in [3.63, 3.8) is 0 Å². The summed E-state index contributed by atoms with van der Waals surface area (Å²) in [7, 11) is 0. The van der Waals surface area contributed by atoms with Crippen molar-refractivity contribution < 1.29 is 0 Å². The average Bonchev–Trinajstić information content (AvgIpc) is 2.84. The second kappa shape index (κ2) is 4.72. The van der Waals surface area contributed by atoms with Crippen LogP contribution in [0.5, 0.6) is 0 Å². The standard InChI is InChI=1S/C18H11BrS/c19-17-15-9-3-4-11-16(15)20-18(17)14-10-5-7-12-6-1-2-8-13(12)14/h1-11H. The first-order chi connectivity index (χ1) is 9.84. The number of hydrogen-bond donors (Lipinski definition) is 0. The van der Waals surface area contributed by atoms with E-state index in [1.165, 1.54) is 35.8 Å². The van der Waals surface area contributed by atoms with E-state index < -0.39 is 0 Å². The highest BCUT2D eigenvalue weighted by atomic mass is 79.9. The van der Waals surface area contributed by atoms with Crippen LogP contribution >= 0.6 is 27.3 Å². The Balaban J connectivity index is 2.09. The number of fused-ring (bicyclic) bond motifs is 2. The first-order valence-corrected chi connectivity index (χ1v) is 8.11. The summed E-state index contributed by atoms with van der Waals surface area (Å²) in [4.78, 5) is 1.31. The van der Waals surface area contributed by atoms with Gasteiger partial charge in [0.1, 0.15) is 0 Å². The van der Waals surface area contributed by atoms with Crippen LogP contribution in [0, 0.1) is 0 Å². The molecule has 0 radical (unpaired) electrons. The predicted octanol–water partition coefficient (Wildman–Crippen LogP) is 6.48. The van der Waals surface area contributed by atoms with Crippen LogP contribution in [0.1, 0.15) is 0 Å². The van der Waals surface area contributed by atoms with Gasteiger partial charge < -0.3 is 0 Å². The average molecular weight is 339 g/mol. The van der Waals surface area contributed by atoms with Gasteiger partial charge in [-0.05, 0) is 32.8 Å². The maximum atomic E-state index is 3.78. The van der Waals surface area contributed by atoms with Crippen LogP contribution in [-0.4, -0.2) is 0 Å². The molecule has 4 aromatic rings. The summed E-state index contributed by atoms with van der Waals surface area (Å²) in [6.07, 6.45) is 0. The van der Waals surface area contributed by atoms with Crippen LogP contribution in [0.25, 0.3) is 31.3 Å². The van der Waals surface area contributed by atoms with Gasteiger partial charge in [0, 0.05) is 20.1 Å². The van der Waals surface area contributed by atoms with Crippen molar-refractivity contribution in [1.29, 1.82) is 0 Å². The highest BCUT2D eigenvalue weighted by molar-refractivity contribution is 9.10. The lowest BCUT2D eigenvalue weighted by molar-refractivity contribution is 1.73. The lowest BCUT2D eigenvalue weighted by Gasteiger charge is -2.05. The highest BCUT2D eigenvalue weighted by Crippen LogP contribution is 2.44. The van der Waals surface area contributed by atoms with Crippen LogP contribution < -0.4 is 0 Å². The van der Waals surface area contributed by atoms with Gasteiger partial charge in [0.05, 0.1) is 4.88 Å².